The standard InChI is InChI=1S/C16H17N3O4/c1-8-14(9(2)23-18-8)15(20)17-11-5-6-13-12(7-11)19(4)16(21)10(3)22-13/h5-7,10H,1-4H3,(H,17,20)/t10-/m0/s1. The molecule has 120 valence electrons. The average molecular weight is 315 g/mol. The first-order chi connectivity index (χ1) is 10.9. The molecular formula is C16H17N3O4. The van der Waals surface area contributed by atoms with Crippen molar-refractivity contribution in [2.45, 2.75) is 26.9 Å². The molecule has 7 heteroatoms. The van der Waals surface area contributed by atoms with Gasteiger partial charge in [-0.2, -0.15) is 0 Å². The second kappa shape index (κ2) is 5.42. The third kappa shape index (κ3) is 2.54. The van der Waals surface area contributed by atoms with Crippen LogP contribution in [0.2, 0.25) is 0 Å². The van der Waals surface area contributed by atoms with Gasteiger partial charge < -0.3 is 19.5 Å². The van der Waals surface area contributed by atoms with Crippen molar-refractivity contribution in [3.05, 3.63) is 35.2 Å². The number of fused-ring (bicyclic) bond motifs is 1. The van der Waals surface area contributed by atoms with Gasteiger partial charge in [-0.25, -0.2) is 0 Å². The van der Waals surface area contributed by atoms with Gasteiger partial charge in [-0.1, -0.05) is 5.16 Å². The maximum atomic E-state index is 12.4. The highest BCUT2D eigenvalue weighted by Crippen LogP contribution is 2.35. The van der Waals surface area contributed by atoms with Crippen LogP contribution in [0.25, 0.3) is 0 Å². The minimum atomic E-state index is -0.518. The topological polar surface area (TPSA) is 84.7 Å². The number of nitrogens with one attached hydrogen (secondary N) is 1. The minimum Gasteiger partial charge on any atom is -0.479 e. The van der Waals surface area contributed by atoms with Gasteiger partial charge in [-0.15, -0.1) is 0 Å². The van der Waals surface area contributed by atoms with Crippen LogP contribution in [-0.2, 0) is 4.79 Å². The molecule has 0 aliphatic carbocycles. The zero-order valence-corrected chi connectivity index (χ0v) is 13.3. The van der Waals surface area contributed by atoms with E-state index in [1.165, 1.54) is 4.90 Å². The number of aryl methyl sites for hydroxylation is 2. The second-order valence-electron chi connectivity index (χ2n) is 5.49. The van der Waals surface area contributed by atoms with E-state index in [0.717, 1.165) is 0 Å². The van der Waals surface area contributed by atoms with Crippen molar-refractivity contribution in [2.75, 3.05) is 17.3 Å². The van der Waals surface area contributed by atoms with Crippen LogP contribution in [0.3, 0.4) is 0 Å². The fraction of sp³-hybridized carbons (Fsp3) is 0.312. The van der Waals surface area contributed by atoms with Crippen molar-refractivity contribution in [3.63, 3.8) is 0 Å². The van der Waals surface area contributed by atoms with Crippen LogP contribution in [0, 0.1) is 13.8 Å². The molecule has 0 unspecified atom stereocenters. The maximum absolute atomic E-state index is 12.4. The lowest BCUT2D eigenvalue weighted by molar-refractivity contribution is -0.125. The van der Waals surface area contributed by atoms with E-state index in [4.69, 9.17) is 9.26 Å². The number of nitrogens with zero attached hydrogens (tertiary/aromatic N) is 2. The zero-order valence-electron chi connectivity index (χ0n) is 13.3. The predicted octanol–water partition coefficient (Wildman–Crippen LogP) is 2.29. The van der Waals surface area contributed by atoms with Crippen molar-refractivity contribution in [3.8, 4) is 5.75 Å². The van der Waals surface area contributed by atoms with Crippen molar-refractivity contribution >= 4 is 23.2 Å². The Kier molecular flexibility index (Phi) is 3.55. The van der Waals surface area contributed by atoms with E-state index in [0.29, 0.717) is 34.1 Å². The number of hydrogen-bond acceptors (Lipinski definition) is 5. The number of hydrogen-bond donors (Lipinski definition) is 1. The Morgan fingerprint density at radius 3 is 2.74 bits per heavy atom. The summed E-state index contributed by atoms with van der Waals surface area (Å²) < 4.78 is 10.6. The normalized spacial score (nSPS) is 16.8. The van der Waals surface area contributed by atoms with Crippen LogP contribution >= 0.6 is 0 Å². The zero-order chi connectivity index (χ0) is 16.7. The Labute approximate surface area is 133 Å². The molecule has 23 heavy (non-hydrogen) atoms. The van der Waals surface area contributed by atoms with Crippen LogP contribution in [-0.4, -0.2) is 30.1 Å². The van der Waals surface area contributed by atoms with Crippen molar-refractivity contribution in [1.82, 2.24) is 5.16 Å². The van der Waals surface area contributed by atoms with Gasteiger partial charge in [0, 0.05) is 12.7 Å². The van der Waals surface area contributed by atoms with Gasteiger partial charge >= 0.3 is 0 Å². The van der Waals surface area contributed by atoms with E-state index in [1.807, 2.05) is 0 Å². The lowest BCUT2D eigenvalue weighted by atomic mass is 10.1. The molecule has 2 amide bonds. The lowest BCUT2D eigenvalue weighted by Crippen LogP contribution is -2.41. The van der Waals surface area contributed by atoms with Crippen molar-refractivity contribution < 1.29 is 18.8 Å². The van der Waals surface area contributed by atoms with Crippen LogP contribution in [0.15, 0.2) is 22.7 Å². The molecular weight excluding hydrogens is 298 g/mol. The first-order valence-corrected chi connectivity index (χ1v) is 7.21. The summed E-state index contributed by atoms with van der Waals surface area (Å²) in [6, 6.07) is 5.16. The monoisotopic (exact) mass is 315 g/mol. The van der Waals surface area contributed by atoms with E-state index in [9.17, 15) is 9.59 Å². The average Bonchev–Trinajstić information content (AvgIpc) is 2.85. The largest absolute Gasteiger partial charge is 0.479 e. The van der Waals surface area contributed by atoms with E-state index in [2.05, 4.69) is 10.5 Å². The molecule has 1 aromatic heterocycles. The van der Waals surface area contributed by atoms with Crippen molar-refractivity contribution in [2.24, 2.45) is 0 Å². The summed E-state index contributed by atoms with van der Waals surface area (Å²) in [4.78, 5) is 25.9. The third-order valence-electron chi connectivity index (χ3n) is 3.82. The molecule has 3 rings (SSSR count). The summed E-state index contributed by atoms with van der Waals surface area (Å²) in [5.74, 6) is 0.629. The van der Waals surface area contributed by atoms with Crippen molar-refractivity contribution in [1.29, 1.82) is 0 Å². The fourth-order valence-corrected chi connectivity index (χ4v) is 2.59. The van der Waals surface area contributed by atoms with E-state index >= 15 is 0 Å². The highest BCUT2D eigenvalue weighted by Gasteiger charge is 2.29. The first kappa shape index (κ1) is 15.1. The Morgan fingerprint density at radius 1 is 1.35 bits per heavy atom. The molecule has 1 aliphatic rings. The SMILES string of the molecule is Cc1noc(C)c1C(=O)Nc1ccc2c(c1)N(C)C(=O)[C@H](C)O2. The Hall–Kier alpha value is -2.83. The second-order valence-corrected chi connectivity index (χ2v) is 5.49. The molecule has 0 bridgehead atoms. The van der Waals surface area contributed by atoms with Gasteiger partial charge in [0.05, 0.1) is 11.4 Å². The summed E-state index contributed by atoms with van der Waals surface area (Å²) in [6.45, 7) is 5.10. The molecule has 2 heterocycles. The predicted molar refractivity (Wildman–Crippen MR) is 83.9 cm³/mol. The molecule has 1 N–H and O–H groups in total. The quantitative estimate of drug-likeness (QED) is 0.919. The molecule has 0 saturated carbocycles. The minimum absolute atomic E-state index is 0.133. The van der Waals surface area contributed by atoms with Crippen LogP contribution in [0.5, 0.6) is 5.75 Å². The van der Waals surface area contributed by atoms with Gasteiger partial charge in [0.15, 0.2) is 6.10 Å². The van der Waals surface area contributed by atoms with Gasteiger partial charge in [-0.3, -0.25) is 9.59 Å². The summed E-state index contributed by atoms with van der Waals surface area (Å²) in [6.07, 6.45) is -0.518. The first-order valence-electron chi connectivity index (χ1n) is 7.21. The third-order valence-corrected chi connectivity index (χ3v) is 3.82. The Morgan fingerprint density at radius 2 is 2.09 bits per heavy atom. The highest BCUT2D eigenvalue weighted by atomic mass is 16.5. The van der Waals surface area contributed by atoms with Gasteiger partial charge in [0.1, 0.15) is 17.1 Å². The number of aromatic nitrogens is 1. The number of amides is 2. The van der Waals surface area contributed by atoms with E-state index in [1.54, 1.807) is 46.0 Å². The lowest BCUT2D eigenvalue weighted by Gasteiger charge is -2.30. The molecule has 1 aliphatic heterocycles. The molecule has 7 nitrogen and oxygen atoms in total. The van der Waals surface area contributed by atoms with Crippen LogP contribution < -0.4 is 15.0 Å². The molecule has 0 saturated heterocycles. The number of carbonyl (C=O) groups excluding carboxylic acids is 2. The molecule has 1 aromatic carbocycles. The Balaban J connectivity index is 1.88. The number of rotatable bonds is 2. The summed E-state index contributed by atoms with van der Waals surface area (Å²) >= 11 is 0. The highest BCUT2D eigenvalue weighted by molar-refractivity contribution is 6.06. The van der Waals surface area contributed by atoms with Crippen LogP contribution in [0.1, 0.15) is 28.7 Å². The van der Waals surface area contributed by atoms with Gasteiger partial charge in [-0.05, 0) is 39.0 Å². The summed E-state index contributed by atoms with van der Waals surface area (Å²) in [7, 11) is 1.68. The molecule has 0 radical (unpaired) electrons. The number of carbonyl (C=O) groups is 2. The number of likely N-dealkylation sites (N-methyl/N-ethyl adjacent to an activating group) is 1. The van der Waals surface area contributed by atoms with Gasteiger partial charge in [0.2, 0.25) is 0 Å². The van der Waals surface area contributed by atoms with Gasteiger partial charge in [0.25, 0.3) is 11.8 Å². The molecule has 0 fully saturated rings. The van der Waals surface area contributed by atoms with E-state index < -0.39 is 6.10 Å². The number of ether oxygens (including phenoxy) is 1. The number of benzene rings is 1. The molecule has 0 spiro atoms. The van der Waals surface area contributed by atoms with Crippen LogP contribution in [0.4, 0.5) is 11.4 Å². The smallest absolute Gasteiger partial charge is 0.267 e. The number of anilines is 2. The molecule has 2 aromatic rings. The Bertz CT molecular complexity index is 777. The summed E-state index contributed by atoms with van der Waals surface area (Å²) in [5.41, 5.74) is 2.12. The maximum Gasteiger partial charge on any atom is 0.267 e. The fourth-order valence-electron chi connectivity index (χ4n) is 2.59. The van der Waals surface area contributed by atoms with E-state index in [-0.39, 0.29) is 11.8 Å². The summed E-state index contributed by atoms with van der Waals surface area (Å²) in [5, 5.41) is 6.56. The molecule has 1 atom stereocenters.